The normalized spacial score (nSPS) is 18.3. The van der Waals surface area contributed by atoms with Gasteiger partial charge in [-0.15, -0.1) is 0 Å². The van der Waals surface area contributed by atoms with Gasteiger partial charge in [0.25, 0.3) is 0 Å². The molecule has 2 aromatic carbocycles. The minimum atomic E-state index is 0.487. The summed E-state index contributed by atoms with van der Waals surface area (Å²) in [5.41, 5.74) is 2.35. The maximum atomic E-state index is 6.39. The second-order valence-electron chi connectivity index (χ2n) is 6.50. The van der Waals surface area contributed by atoms with Gasteiger partial charge < -0.3 is 9.64 Å². The van der Waals surface area contributed by atoms with Gasteiger partial charge in [-0.3, -0.25) is 4.99 Å². The van der Waals surface area contributed by atoms with Gasteiger partial charge in [0.1, 0.15) is 5.75 Å². The molecule has 0 spiro atoms. The molecule has 0 N–H and O–H groups in total. The molecule has 1 saturated heterocycles. The molecule has 3 nitrogen and oxygen atoms in total. The summed E-state index contributed by atoms with van der Waals surface area (Å²) in [7, 11) is 1.68. The Morgan fingerprint density at radius 2 is 1.96 bits per heavy atom. The molecular weight excluding hydrogens is 399 g/mol. The molecule has 0 aromatic heterocycles. The first kappa shape index (κ1) is 20.4. The fourth-order valence-electron chi connectivity index (χ4n) is 3.08. The number of nitrogens with zero attached hydrogens (tertiary/aromatic N) is 2. The van der Waals surface area contributed by atoms with Gasteiger partial charge >= 0.3 is 0 Å². The molecule has 1 atom stereocenters. The average Bonchev–Trinajstić information content (AvgIpc) is 3.06. The molecule has 0 amide bonds. The van der Waals surface area contributed by atoms with Gasteiger partial charge in [0.05, 0.1) is 7.11 Å². The van der Waals surface area contributed by atoms with E-state index in [-0.39, 0.29) is 0 Å². The third-order valence-corrected chi connectivity index (χ3v) is 6.49. The van der Waals surface area contributed by atoms with Gasteiger partial charge in [-0.1, -0.05) is 60.1 Å². The van der Waals surface area contributed by atoms with E-state index in [1.807, 2.05) is 42.1 Å². The van der Waals surface area contributed by atoms with E-state index >= 15 is 0 Å². The van der Waals surface area contributed by atoms with E-state index in [2.05, 4.69) is 24.0 Å². The predicted molar refractivity (Wildman–Crippen MR) is 118 cm³/mol. The molecule has 144 valence electrons. The fraction of sp³-hybridized carbons (Fsp3) is 0.381. The van der Waals surface area contributed by atoms with Gasteiger partial charge in [-0.25, -0.2) is 0 Å². The number of rotatable bonds is 7. The molecule has 1 aliphatic heterocycles. The van der Waals surface area contributed by atoms with Crippen LogP contribution in [-0.4, -0.2) is 35.5 Å². The second-order valence-corrected chi connectivity index (χ2v) is 8.33. The second kappa shape index (κ2) is 9.72. The van der Waals surface area contributed by atoms with Crippen LogP contribution >= 0.6 is 35.0 Å². The minimum Gasteiger partial charge on any atom is -0.497 e. The van der Waals surface area contributed by atoms with Crippen molar-refractivity contribution in [3.05, 3.63) is 63.6 Å². The highest BCUT2D eigenvalue weighted by Crippen LogP contribution is 2.30. The summed E-state index contributed by atoms with van der Waals surface area (Å²) in [5.74, 6) is 1.96. The molecule has 1 aliphatic rings. The van der Waals surface area contributed by atoms with Gasteiger partial charge in [0.2, 0.25) is 0 Å². The Balaban J connectivity index is 1.67. The summed E-state index contributed by atoms with van der Waals surface area (Å²) < 4.78 is 5.21. The smallest absolute Gasteiger partial charge is 0.159 e. The third-order valence-electron chi connectivity index (χ3n) is 4.72. The van der Waals surface area contributed by atoms with Crippen LogP contribution in [0.4, 0.5) is 0 Å². The number of benzene rings is 2. The largest absolute Gasteiger partial charge is 0.497 e. The SMILES string of the molecule is CCC1CSC(=NCCc2ccc(OC)cc2)N1Cc1ccc(Cl)cc1Cl. The van der Waals surface area contributed by atoms with E-state index in [4.69, 9.17) is 32.9 Å². The van der Waals surface area contributed by atoms with E-state index < -0.39 is 0 Å². The molecule has 27 heavy (non-hydrogen) atoms. The summed E-state index contributed by atoms with van der Waals surface area (Å²) in [5, 5.41) is 2.49. The maximum Gasteiger partial charge on any atom is 0.159 e. The van der Waals surface area contributed by atoms with Crippen molar-refractivity contribution in [3.63, 3.8) is 0 Å². The Hall–Kier alpha value is -1.36. The van der Waals surface area contributed by atoms with Gasteiger partial charge in [0, 0.05) is 34.9 Å². The topological polar surface area (TPSA) is 24.8 Å². The van der Waals surface area contributed by atoms with Gasteiger partial charge in [0.15, 0.2) is 5.17 Å². The lowest BCUT2D eigenvalue weighted by atomic mass is 10.1. The number of aliphatic imine (C=N–C) groups is 1. The highest BCUT2D eigenvalue weighted by Gasteiger charge is 2.29. The molecule has 0 radical (unpaired) electrons. The predicted octanol–water partition coefficient (Wildman–Crippen LogP) is 5.93. The van der Waals surface area contributed by atoms with E-state index in [9.17, 15) is 0 Å². The Labute approximate surface area is 175 Å². The molecule has 0 aliphatic carbocycles. The van der Waals surface area contributed by atoms with Crippen molar-refractivity contribution in [2.24, 2.45) is 4.99 Å². The molecule has 1 heterocycles. The van der Waals surface area contributed by atoms with Crippen LogP contribution in [0.25, 0.3) is 0 Å². The standard InChI is InChI=1S/C21H24Cl2N2OS/c1-3-18-14-27-21(24-11-10-15-4-8-19(26-2)9-5-15)25(18)13-16-6-7-17(22)12-20(16)23/h4-9,12,18H,3,10-11,13-14H2,1-2H3. The Kier molecular flexibility index (Phi) is 7.33. The highest BCUT2D eigenvalue weighted by atomic mass is 35.5. The number of amidine groups is 1. The summed E-state index contributed by atoms with van der Waals surface area (Å²) in [4.78, 5) is 7.27. The first-order chi connectivity index (χ1) is 13.1. The number of thioether (sulfide) groups is 1. The van der Waals surface area contributed by atoms with Crippen molar-refractivity contribution < 1.29 is 4.74 Å². The van der Waals surface area contributed by atoms with E-state index in [0.29, 0.717) is 16.1 Å². The van der Waals surface area contributed by atoms with Crippen molar-refractivity contribution in [1.82, 2.24) is 4.90 Å². The van der Waals surface area contributed by atoms with E-state index in [1.165, 1.54) is 5.56 Å². The molecule has 0 bridgehead atoms. The van der Waals surface area contributed by atoms with Crippen LogP contribution < -0.4 is 4.74 Å². The average molecular weight is 423 g/mol. The van der Waals surface area contributed by atoms with Crippen LogP contribution in [0.5, 0.6) is 5.75 Å². The maximum absolute atomic E-state index is 6.39. The fourth-order valence-corrected chi connectivity index (χ4v) is 4.86. The minimum absolute atomic E-state index is 0.487. The number of halogens is 2. The Morgan fingerprint density at radius 3 is 2.63 bits per heavy atom. The zero-order valence-electron chi connectivity index (χ0n) is 15.6. The van der Waals surface area contributed by atoms with Crippen LogP contribution in [-0.2, 0) is 13.0 Å². The van der Waals surface area contributed by atoms with Crippen LogP contribution in [0.1, 0.15) is 24.5 Å². The van der Waals surface area contributed by atoms with E-state index in [1.54, 1.807) is 7.11 Å². The lowest BCUT2D eigenvalue weighted by Gasteiger charge is -2.25. The lowest BCUT2D eigenvalue weighted by Crippen LogP contribution is -2.33. The molecule has 6 heteroatoms. The number of hydrogen-bond acceptors (Lipinski definition) is 3. The lowest BCUT2D eigenvalue weighted by molar-refractivity contribution is 0.334. The number of methoxy groups -OCH3 is 1. The summed E-state index contributed by atoms with van der Waals surface area (Å²) in [6.07, 6.45) is 2.01. The highest BCUT2D eigenvalue weighted by molar-refractivity contribution is 8.14. The van der Waals surface area contributed by atoms with E-state index in [0.717, 1.165) is 48.2 Å². The summed E-state index contributed by atoms with van der Waals surface area (Å²) in [6, 6.07) is 14.4. The first-order valence-corrected chi connectivity index (χ1v) is 10.9. The molecule has 2 aromatic rings. The summed E-state index contributed by atoms with van der Waals surface area (Å²) in [6.45, 7) is 3.76. The first-order valence-electron chi connectivity index (χ1n) is 9.11. The Bertz CT molecular complexity index is 795. The molecule has 1 fully saturated rings. The van der Waals surface area contributed by atoms with Gasteiger partial charge in [-0.2, -0.15) is 0 Å². The molecule has 0 saturated carbocycles. The molecular formula is C21H24Cl2N2OS. The van der Waals surface area contributed by atoms with Crippen LogP contribution in [0.2, 0.25) is 10.0 Å². The molecule has 3 rings (SSSR count). The quantitative estimate of drug-likeness (QED) is 0.552. The number of hydrogen-bond donors (Lipinski definition) is 0. The monoisotopic (exact) mass is 422 g/mol. The third kappa shape index (κ3) is 5.34. The van der Waals surface area contributed by atoms with Gasteiger partial charge in [-0.05, 0) is 48.2 Å². The van der Waals surface area contributed by atoms with Crippen LogP contribution in [0.15, 0.2) is 47.5 Å². The zero-order chi connectivity index (χ0) is 19.2. The van der Waals surface area contributed by atoms with Crippen molar-refractivity contribution in [3.8, 4) is 5.75 Å². The van der Waals surface area contributed by atoms with Crippen LogP contribution in [0.3, 0.4) is 0 Å². The Morgan fingerprint density at radius 1 is 1.19 bits per heavy atom. The van der Waals surface area contributed by atoms with Crippen LogP contribution in [0, 0.1) is 0 Å². The van der Waals surface area contributed by atoms with Crippen molar-refractivity contribution in [1.29, 1.82) is 0 Å². The zero-order valence-corrected chi connectivity index (χ0v) is 17.9. The molecule has 1 unspecified atom stereocenters. The number of ether oxygens (including phenoxy) is 1. The summed E-state index contributed by atoms with van der Waals surface area (Å²) >= 11 is 14.3. The van der Waals surface area contributed by atoms with Crippen molar-refractivity contribution in [2.45, 2.75) is 32.4 Å². The van der Waals surface area contributed by atoms with Crippen molar-refractivity contribution in [2.75, 3.05) is 19.4 Å². The van der Waals surface area contributed by atoms with Crippen molar-refractivity contribution >= 4 is 40.1 Å².